The molecule has 0 saturated heterocycles. The first kappa shape index (κ1) is 9.79. The smallest absolute Gasteiger partial charge is 0.158 e. The van der Waals surface area contributed by atoms with Crippen molar-refractivity contribution in [3.05, 3.63) is 53.5 Å². The summed E-state index contributed by atoms with van der Waals surface area (Å²) >= 11 is 0. The lowest BCUT2D eigenvalue weighted by atomic mass is 10.1. The lowest BCUT2D eigenvalue weighted by molar-refractivity contribution is 0.849. The summed E-state index contributed by atoms with van der Waals surface area (Å²) < 4.78 is 0. The van der Waals surface area contributed by atoms with Crippen LogP contribution in [0.2, 0.25) is 0 Å². The van der Waals surface area contributed by atoms with Crippen molar-refractivity contribution in [2.45, 2.75) is 13.1 Å². The van der Waals surface area contributed by atoms with Crippen molar-refractivity contribution in [1.82, 2.24) is 9.97 Å². The summed E-state index contributed by atoms with van der Waals surface area (Å²) in [5, 5.41) is 8.67. The van der Waals surface area contributed by atoms with Crippen LogP contribution in [0.25, 0.3) is 0 Å². The molecule has 82 valence electrons. The predicted octanol–water partition coefficient (Wildman–Crippen LogP) is 1.87. The van der Waals surface area contributed by atoms with Gasteiger partial charge in [0.05, 0.1) is 12.4 Å². The SMILES string of the molecule is N#Cc1cnc(N2Cc3ccccc3C2)cn1. The topological polar surface area (TPSA) is 52.8 Å². The van der Waals surface area contributed by atoms with E-state index in [2.05, 4.69) is 27.0 Å². The molecular weight excluding hydrogens is 212 g/mol. The third-order valence-corrected chi connectivity index (χ3v) is 2.92. The summed E-state index contributed by atoms with van der Waals surface area (Å²) in [4.78, 5) is 10.4. The van der Waals surface area contributed by atoms with Gasteiger partial charge < -0.3 is 4.90 Å². The molecule has 0 fully saturated rings. The molecular formula is C13H10N4. The molecule has 0 bridgehead atoms. The maximum atomic E-state index is 8.67. The number of fused-ring (bicyclic) bond motifs is 1. The molecule has 1 aliphatic rings. The van der Waals surface area contributed by atoms with Crippen molar-refractivity contribution in [3.8, 4) is 6.07 Å². The monoisotopic (exact) mass is 222 g/mol. The molecule has 2 heterocycles. The Balaban J connectivity index is 1.87. The van der Waals surface area contributed by atoms with E-state index in [0.29, 0.717) is 5.69 Å². The molecule has 1 aromatic heterocycles. The second-order valence-electron chi connectivity index (χ2n) is 4.00. The number of hydrogen-bond donors (Lipinski definition) is 0. The van der Waals surface area contributed by atoms with Gasteiger partial charge in [0, 0.05) is 13.1 Å². The molecule has 4 heteroatoms. The average Bonchev–Trinajstić information content (AvgIpc) is 2.82. The van der Waals surface area contributed by atoms with Crippen LogP contribution in [0.3, 0.4) is 0 Å². The number of nitrogens with zero attached hydrogens (tertiary/aromatic N) is 4. The molecule has 1 aliphatic heterocycles. The van der Waals surface area contributed by atoms with E-state index in [1.54, 1.807) is 6.20 Å². The van der Waals surface area contributed by atoms with Gasteiger partial charge in [0.15, 0.2) is 5.69 Å². The van der Waals surface area contributed by atoms with E-state index >= 15 is 0 Å². The average molecular weight is 222 g/mol. The fourth-order valence-corrected chi connectivity index (χ4v) is 2.04. The molecule has 0 saturated carbocycles. The summed E-state index contributed by atoms with van der Waals surface area (Å²) in [5.41, 5.74) is 3.02. The van der Waals surface area contributed by atoms with Gasteiger partial charge in [-0.15, -0.1) is 0 Å². The Kier molecular flexibility index (Phi) is 2.23. The largest absolute Gasteiger partial charge is 0.347 e. The molecule has 0 aliphatic carbocycles. The van der Waals surface area contributed by atoms with Crippen LogP contribution in [0.15, 0.2) is 36.7 Å². The third-order valence-electron chi connectivity index (χ3n) is 2.92. The fraction of sp³-hybridized carbons (Fsp3) is 0.154. The van der Waals surface area contributed by atoms with Crippen molar-refractivity contribution in [3.63, 3.8) is 0 Å². The third kappa shape index (κ3) is 1.72. The highest BCUT2D eigenvalue weighted by molar-refractivity contribution is 5.46. The van der Waals surface area contributed by atoms with Gasteiger partial charge in [0.25, 0.3) is 0 Å². The molecule has 17 heavy (non-hydrogen) atoms. The minimum absolute atomic E-state index is 0.352. The summed E-state index contributed by atoms with van der Waals surface area (Å²) in [6.45, 7) is 1.72. The van der Waals surface area contributed by atoms with E-state index in [4.69, 9.17) is 5.26 Å². The maximum Gasteiger partial charge on any atom is 0.158 e. The van der Waals surface area contributed by atoms with Crippen molar-refractivity contribution < 1.29 is 0 Å². The van der Waals surface area contributed by atoms with Gasteiger partial charge in [-0.05, 0) is 11.1 Å². The summed E-state index contributed by atoms with van der Waals surface area (Å²) in [6, 6.07) is 10.3. The molecule has 0 amide bonds. The maximum absolute atomic E-state index is 8.67. The van der Waals surface area contributed by atoms with Crippen molar-refractivity contribution >= 4 is 5.82 Å². The highest BCUT2D eigenvalue weighted by atomic mass is 15.2. The number of anilines is 1. The van der Waals surface area contributed by atoms with Gasteiger partial charge in [-0.2, -0.15) is 5.26 Å². The highest BCUT2D eigenvalue weighted by Crippen LogP contribution is 2.25. The molecule has 0 atom stereocenters. The van der Waals surface area contributed by atoms with Gasteiger partial charge in [-0.1, -0.05) is 24.3 Å². The number of nitriles is 1. The zero-order valence-corrected chi connectivity index (χ0v) is 9.17. The summed E-state index contributed by atoms with van der Waals surface area (Å²) in [7, 11) is 0. The molecule has 1 aromatic carbocycles. The zero-order valence-electron chi connectivity index (χ0n) is 9.17. The van der Waals surface area contributed by atoms with E-state index < -0.39 is 0 Å². The number of aromatic nitrogens is 2. The minimum atomic E-state index is 0.352. The Bertz CT molecular complexity index is 558. The Labute approximate surface area is 99.2 Å². The van der Waals surface area contributed by atoms with Crippen LogP contribution >= 0.6 is 0 Å². The van der Waals surface area contributed by atoms with Gasteiger partial charge in [-0.3, -0.25) is 0 Å². The summed E-state index contributed by atoms with van der Waals surface area (Å²) in [6.07, 6.45) is 3.17. The van der Waals surface area contributed by atoms with Crippen molar-refractivity contribution in [2.75, 3.05) is 4.90 Å². The summed E-state index contributed by atoms with van der Waals surface area (Å²) in [5.74, 6) is 0.820. The van der Waals surface area contributed by atoms with Gasteiger partial charge >= 0.3 is 0 Å². The number of rotatable bonds is 1. The van der Waals surface area contributed by atoms with Crippen LogP contribution in [-0.2, 0) is 13.1 Å². The highest BCUT2D eigenvalue weighted by Gasteiger charge is 2.19. The van der Waals surface area contributed by atoms with E-state index in [1.165, 1.54) is 17.3 Å². The quantitative estimate of drug-likeness (QED) is 0.739. The number of hydrogen-bond acceptors (Lipinski definition) is 4. The van der Waals surface area contributed by atoms with E-state index in [9.17, 15) is 0 Å². The zero-order chi connectivity index (χ0) is 11.7. The Morgan fingerprint density at radius 3 is 2.29 bits per heavy atom. The lowest BCUT2D eigenvalue weighted by Crippen LogP contribution is -2.16. The minimum Gasteiger partial charge on any atom is -0.347 e. The molecule has 3 rings (SSSR count). The van der Waals surface area contributed by atoms with E-state index in [1.807, 2.05) is 18.2 Å². The molecule has 4 nitrogen and oxygen atoms in total. The number of benzene rings is 1. The second kappa shape index (κ2) is 3.87. The van der Waals surface area contributed by atoms with Crippen molar-refractivity contribution in [2.24, 2.45) is 0 Å². The normalized spacial score (nSPS) is 13.2. The van der Waals surface area contributed by atoms with Crippen molar-refractivity contribution in [1.29, 1.82) is 5.26 Å². The van der Waals surface area contributed by atoms with E-state index in [-0.39, 0.29) is 0 Å². The van der Waals surface area contributed by atoms with Crippen LogP contribution in [0.5, 0.6) is 0 Å². The Morgan fingerprint density at radius 1 is 1.06 bits per heavy atom. The first-order valence-corrected chi connectivity index (χ1v) is 5.41. The van der Waals surface area contributed by atoms with Gasteiger partial charge in [-0.25, -0.2) is 9.97 Å². The molecule has 0 unspecified atom stereocenters. The second-order valence-corrected chi connectivity index (χ2v) is 4.00. The van der Waals surface area contributed by atoms with Crippen LogP contribution in [0.4, 0.5) is 5.82 Å². The first-order valence-electron chi connectivity index (χ1n) is 5.41. The van der Waals surface area contributed by atoms with Gasteiger partial charge in [0.1, 0.15) is 11.9 Å². The van der Waals surface area contributed by atoms with Crippen LogP contribution < -0.4 is 4.90 Å². The van der Waals surface area contributed by atoms with E-state index in [0.717, 1.165) is 18.9 Å². The lowest BCUT2D eigenvalue weighted by Gasteiger charge is -2.15. The van der Waals surface area contributed by atoms with Crippen LogP contribution in [0.1, 0.15) is 16.8 Å². The van der Waals surface area contributed by atoms with Gasteiger partial charge in [0.2, 0.25) is 0 Å². The molecule has 0 N–H and O–H groups in total. The molecule has 0 spiro atoms. The standard InChI is InChI=1S/C13H10N4/c14-5-12-6-16-13(7-15-12)17-8-10-3-1-2-4-11(10)9-17/h1-4,6-7H,8-9H2. The predicted molar refractivity (Wildman–Crippen MR) is 63.1 cm³/mol. The van der Waals surface area contributed by atoms with Crippen LogP contribution in [0, 0.1) is 11.3 Å². The Morgan fingerprint density at radius 2 is 1.76 bits per heavy atom. The van der Waals surface area contributed by atoms with Crippen LogP contribution in [-0.4, -0.2) is 9.97 Å². The first-order chi connectivity index (χ1) is 8.36. The molecule has 0 radical (unpaired) electrons. The fourth-order valence-electron chi connectivity index (χ4n) is 2.04. The molecule has 2 aromatic rings. The Hall–Kier alpha value is -2.41.